The maximum atomic E-state index is 13.0. The summed E-state index contributed by atoms with van der Waals surface area (Å²) < 4.78 is 5.22. The molecule has 0 aliphatic heterocycles. The molecule has 0 radical (unpaired) electrons. The van der Waals surface area contributed by atoms with Crippen molar-refractivity contribution < 1.29 is 14.6 Å². The van der Waals surface area contributed by atoms with Gasteiger partial charge in [-0.15, -0.1) is 0 Å². The summed E-state index contributed by atoms with van der Waals surface area (Å²) in [6.45, 7) is 0.627. The van der Waals surface area contributed by atoms with Crippen LogP contribution in [0.2, 0.25) is 0 Å². The van der Waals surface area contributed by atoms with E-state index in [2.05, 4.69) is 25.6 Å². The van der Waals surface area contributed by atoms with E-state index in [0.29, 0.717) is 40.7 Å². The number of pyridine rings is 3. The molecule has 4 aromatic rings. The average Bonchev–Trinajstić information content (AvgIpc) is 2.88. The molecule has 3 N–H and O–H groups in total. The van der Waals surface area contributed by atoms with Gasteiger partial charge in [-0.2, -0.15) is 0 Å². The molecule has 174 valence electrons. The molecule has 0 spiro atoms. The van der Waals surface area contributed by atoms with Crippen LogP contribution >= 0.6 is 0 Å². The van der Waals surface area contributed by atoms with Gasteiger partial charge >= 0.3 is 0 Å². The highest BCUT2D eigenvalue weighted by atomic mass is 16.5. The number of carbonyl (C=O) groups is 1. The van der Waals surface area contributed by atoms with E-state index in [4.69, 9.17) is 4.74 Å². The first-order valence-electron chi connectivity index (χ1n) is 11.5. The number of para-hydroxylation sites is 1. The minimum Gasteiger partial charge on any atom is -0.506 e. The summed E-state index contributed by atoms with van der Waals surface area (Å²) >= 11 is 0. The predicted octanol–water partition coefficient (Wildman–Crippen LogP) is 4.18. The number of hydrogen-bond acceptors (Lipinski definition) is 7. The Morgan fingerprint density at radius 1 is 1.03 bits per heavy atom. The van der Waals surface area contributed by atoms with Gasteiger partial charge in [0.15, 0.2) is 0 Å². The highest BCUT2D eigenvalue weighted by molar-refractivity contribution is 6.00. The second-order valence-corrected chi connectivity index (χ2v) is 8.65. The van der Waals surface area contributed by atoms with Crippen LogP contribution in [0.25, 0.3) is 21.9 Å². The smallest absolute Gasteiger partial charge is 0.227 e. The third-order valence-electron chi connectivity index (χ3n) is 6.45. The molecule has 5 rings (SSSR count). The van der Waals surface area contributed by atoms with Crippen LogP contribution in [-0.4, -0.2) is 39.1 Å². The number of benzene rings is 1. The van der Waals surface area contributed by atoms with E-state index < -0.39 is 0 Å². The van der Waals surface area contributed by atoms with Crippen molar-refractivity contribution >= 4 is 33.5 Å². The van der Waals surface area contributed by atoms with Crippen molar-refractivity contribution in [1.29, 1.82) is 0 Å². The molecule has 34 heavy (non-hydrogen) atoms. The zero-order chi connectivity index (χ0) is 23.5. The molecule has 1 saturated carbocycles. The van der Waals surface area contributed by atoms with Gasteiger partial charge in [0.25, 0.3) is 0 Å². The van der Waals surface area contributed by atoms with E-state index in [1.54, 1.807) is 31.5 Å². The molecule has 3 aromatic heterocycles. The van der Waals surface area contributed by atoms with Gasteiger partial charge in [-0.05, 0) is 49.9 Å². The van der Waals surface area contributed by atoms with Gasteiger partial charge < -0.3 is 20.5 Å². The normalized spacial score (nSPS) is 18.1. The highest BCUT2D eigenvalue weighted by Crippen LogP contribution is 2.28. The number of phenolic OH excluding ortho intramolecular Hbond substituents is 1. The van der Waals surface area contributed by atoms with Crippen molar-refractivity contribution in [3.05, 3.63) is 60.4 Å². The van der Waals surface area contributed by atoms with Gasteiger partial charge in [0.1, 0.15) is 16.8 Å². The molecule has 8 heteroatoms. The van der Waals surface area contributed by atoms with Crippen molar-refractivity contribution in [2.24, 2.45) is 5.92 Å². The van der Waals surface area contributed by atoms with Gasteiger partial charge in [-0.1, -0.05) is 18.2 Å². The molecular formula is C26H27N5O3. The molecule has 0 bridgehead atoms. The number of anilines is 1. The van der Waals surface area contributed by atoms with Crippen molar-refractivity contribution in [2.45, 2.75) is 38.3 Å². The lowest BCUT2D eigenvalue weighted by molar-refractivity contribution is -0.120. The van der Waals surface area contributed by atoms with Gasteiger partial charge in [0, 0.05) is 36.2 Å². The molecular weight excluding hydrogens is 430 g/mol. The Morgan fingerprint density at radius 2 is 1.88 bits per heavy atom. The van der Waals surface area contributed by atoms with Crippen LogP contribution in [0.15, 0.2) is 54.7 Å². The molecule has 0 atom stereocenters. The van der Waals surface area contributed by atoms with E-state index in [0.717, 1.165) is 36.8 Å². The van der Waals surface area contributed by atoms with Crippen molar-refractivity contribution in [3.8, 4) is 11.6 Å². The van der Waals surface area contributed by atoms with Crippen molar-refractivity contribution in [3.63, 3.8) is 0 Å². The fourth-order valence-electron chi connectivity index (χ4n) is 4.54. The first-order chi connectivity index (χ1) is 16.6. The maximum absolute atomic E-state index is 13.0. The number of rotatable bonds is 6. The molecule has 0 unspecified atom stereocenters. The SMILES string of the molecule is COc1ccc2nccc(NC(=O)C3CCC(NCc4ccc5cccc(O)c5n4)CC3)c2n1. The fraction of sp³-hybridized carbons (Fsp3) is 0.308. The minimum absolute atomic E-state index is 0.0160. The average molecular weight is 458 g/mol. The van der Waals surface area contributed by atoms with Crippen LogP contribution in [0.4, 0.5) is 5.69 Å². The molecule has 1 aliphatic rings. The number of nitrogens with zero attached hydrogens (tertiary/aromatic N) is 3. The third kappa shape index (κ3) is 4.63. The number of amides is 1. The number of fused-ring (bicyclic) bond motifs is 2. The Hall–Kier alpha value is -3.78. The number of aromatic nitrogens is 3. The van der Waals surface area contributed by atoms with Crippen LogP contribution in [0, 0.1) is 5.92 Å². The number of methoxy groups -OCH3 is 1. The molecule has 1 aromatic carbocycles. The van der Waals surface area contributed by atoms with Crippen LogP contribution in [0.3, 0.4) is 0 Å². The summed E-state index contributed by atoms with van der Waals surface area (Å²) in [7, 11) is 1.56. The Balaban J connectivity index is 1.17. The zero-order valence-corrected chi connectivity index (χ0v) is 19.0. The fourth-order valence-corrected chi connectivity index (χ4v) is 4.54. The summed E-state index contributed by atoms with van der Waals surface area (Å²) in [5.74, 6) is 0.657. The van der Waals surface area contributed by atoms with E-state index in [9.17, 15) is 9.90 Å². The third-order valence-corrected chi connectivity index (χ3v) is 6.45. The van der Waals surface area contributed by atoms with E-state index in [1.165, 1.54) is 0 Å². The number of hydrogen-bond donors (Lipinski definition) is 3. The summed E-state index contributed by atoms with van der Waals surface area (Å²) in [5, 5.41) is 17.6. The number of phenols is 1. The number of carbonyl (C=O) groups excluding carboxylic acids is 1. The summed E-state index contributed by atoms with van der Waals surface area (Å²) in [6.07, 6.45) is 5.14. The molecule has 3 heterocycles. The largest absolute Gasteiger partial charge is 0.506 e. The van der Waals surface area contributed by atoms with Crippen molar-refractivity contribution in [2.75, 3.05) is 12.4 Å². The highest BCUT2D eigenvalue weighted by Gasteiger charge is 2.26. The van der Waals surface area contributed by atoms with Gasteiger partial charge in [0.2, 0.25) is 11.8 Å². The number of nitrogens with one attached hydrogen (secondary N) is 2. The predicted molar refractivity (Wildman–Crippen MR) is 131 cm³/mol. The van der Waals surface area contributed by atoms with Crippen LogP contribution in [0.1, 0.15) is 31.4 Å². The zero-order valence-electron chi connectivity index (χ0n) is 19.0. The van der Waals surface area contributed by atoms with Gasteiger partial charge in [-0.3, -0.25) is 9.78 Å². The second-order valence-electron chi connectivity index (χ2n) is 8.65. The molecule has 0 saturated heterocycles. The molecule has 8 nitrogen and oxygen atoms in total. The van der Waals surface area contributed by atoms with Crippen LogP contribution in [0.5, 0.6) is 11.6 Å². The Morgan fingerprint density at radius 3 is 2.71 bits per heavy atom. The first kappa shape index (κ1) is 22.0. The van der Waals surface area contributed by atoms with Crippen molar-refractivity contribution in [1.82, 2.24) is 20.3 Å². The topological polar surface area (TPSA) is 109 Å². The number of ether oxygens (including phenoxy) is 1. The standard InChI is InChI=1S/C26H27N5O3/c1-34-23-12-11-20-25(31-23)21(13-14-27-20)30-26(33)17-6-8-18(9-7-17)28-15-19-10-5-16-3-2-4-22(32)24(16)29-19/h2-5,10-14,17-18,28,32H,6-9,15H2,1H3,(H,27,30,33). The summed E-state index contributed by atoms with van der Waals surface area (Å²) in [6, 6.07) is 15.1. The first-order valence-corrected chi connectivity index (χ1v) is 11.5. The second kappa shape index (κ2) is 9.61. The van der Waals surface area contributed by atoms with E-state index >= 15 is 0 Å². The van der Waals surface area contributed by atoms with Crippen LogP contribution < -0.4 is 15.4 Å². The lowest BCUT2D eigenvalue weighted by Gasteiger charge is -2.28. The summed E-state index contributed by atoms with van der Waals surface area (Å²) in [4.78, 5) is 26.3. The van der Waals surface area contributed by atoms with E-state index in [-0.39, 0.29) is 17.6 Å². The molecule has 1 fully saturated rings. The number of aromatic hydroxyl groups is 1. The Bertz CT molecular complexity index is 1330. The van der Waals surface area contributed by atoms with Gasteiger partial charge in [0.05, 0.1) is 24.0 Å². The molecule has 1 amide bonds. The molecule has 1 aliphatic carbocycles. The Kier molecular flexibility index (Phi) is 6.22. The lowest BCUT2D eigenvalue weighted by atomic mass is 9.85. The maximum Gasteiger partial charge on any atom is 0.227 e. The monoisotopic (exact) mass is 457 g/mol. The van der Waals surface area contributed by atoms with E-state index in [1.807, 2.05) is 30.3 Å². The minimum atomic E-state index is -0.0392. The summed E-state index contributed by atoms with van der Waals surface area (Å²) in [5.41, 5.74) is 3.50. The lowest BCUT2D eigenvalue weighted by Crippen LogP contribution is -2.36. The Labute approximate surface area is 197 Å². The van der Waals surface area contributed by atoms with Crippen LogP contribution in [-0.2, 0) is 11.3 Å². The van der Waals surface area contributed by atoms with Gasteiger partial charge in [-0.25, -0.2) is 9.97 Å². The quantitative estimate of drug-likeness (QED) is 0.398.